The van der Waals surface area contributed by atoms with Gasteiger partial charge >= 0.3 is 0 Å². The number of anilines is 2. The van der Waals surface area contributed by atoms with Crippen LogP contribution in [-0.2, 0) is 4.79 Å². The number of benzene rings is 2. The van der Waals surface area contributed by atoms with Crippen LogP contribution in [0.1, 0.15) is 0 Å². The number of nitrogens with zero attached hydrogens (tertiary/aromatic N) is 1. The van der Waals surface area contributed by atoms with Crippen LogP contribution in [0.4, 0.5) is 11.4 Å². The van der Waals surface area contributed by atoms with Gasteiger partial charge in [-0.3, -0.25) is 9.69 Å². The van der Waals surface area contributed by atoms with E-state index in [2.05, 4.69) is 6.58 Å². The van der Waals surface area contributed by atoms with Crippen molar-refractivity contribution in [2.75, 3.05) is 4.90 Å². The van der Waals surface area contributed by atoms with Gasteiger partial charge in [0.05, 0.1) is 11.4 Å². The van der Waals surface area contributed by atoms with Crippen LogP contribution < -0.4 is 4.90 Å². The standard InChI is InChI=1S/C15H13NO3/c1-2-15(19)16(11-5-3-7-13(17)9-11)12-6-4-8-14(18)10-12/h2-10,17-18H,1H2. The molecule has 0 aliphatic carbocycles. The third-order valence-electron chi connectivity index (χ3n) is 2.57. The molecule has 0 fully saturated rings. The van der Waals surface area contributed by atoms with Crippen molar-refractivity contribution in [3.63, 3.8) is 0 Å². The van der Waals surface area contributed by atoms with Crippen LogP contribution in [0.5, 0.6) is 11.5 Å². The van der Waals surface area contributed by atoms with Crippen molar-refractivity contribution in [1.82, 2.24) is 0 Å². The molecule has 2 N–H and O–H groups in total. The third kappa shape index (κ3) is 2.74. The zero-order chi connectivity index (χ0) is 13.8. The molecule has 0 saturated carbocycles. The molecule has 0 radical (unpaired) electrons. The Hall–Kier alpha value is -2.75. The maximum Gasteiger partial charge on any atom is 0.254 e. The first-order chi connectivity index (χ1) is 9.11. The summed E-state index contributed by atoms with van der Waals surface area (Å²) in [4.78, 5) is 13.3. The number of amides is 1. The quantitative estimate of drug-likeness (QED) is 0.829. The first-order valence-electron chi connectivity index (χ1n) is 5.66. The van der Waals surface area contributed by atoms with Gasteiger partial charge in [0.25, 0.3) is 5.91 Å². The number of phenols is 2. The molecule has 4 heteroatoms. The molecular formula is C15H13NO3. The fraction of sp³-hybridized carbons (Fsp3) is 0. The molecule has 2 aromatic carbocycles. The minimum Gasteiger partial charge on any atom is -0.508 e. The molecule has 96 valence electrons. The van der Waals surface area contributed by atoms with E-state index in [1.165, 1.54) is 35.2 Å². The van der Waals surface area contributed by atoms with Crippen molar-refractivity contribution in [3.8, 4) is 11.5 Å². The van der Waals surface area contributed by atoms with Gasteiger partial charge in [0.2, 0.25) is 0 Å². The number of hydrogen-bond acceptors (Lipinski definition) is 3. The molecule has 4 nitrogen and oxygen atoms in total. The Bertz CT molecular complexity index is 577. The van der Waals surface area contributed by atoms with Crippen molar-refractivity contribution < 1.29 is 15.0 Å². The second-order valence-electron chi connectivity index (χ2n) is 3.92. The van der Waals surface area contributed by atoms with Gasteiger partial charge in [-0.2, -0.15) is 0 Å². The summed E-state index contributed by atoms with van der Waals surface area (Å²) in [6.07, 6.45) is 1.17. The second-order valence-corrected chi connectivity index (χ2v) is 3.92. The number of phenolic OH excluding ortho intramolecular Hbond substituents is 2. The Kier molecular flexibility index (Phi) is 3.52. The summed E-state index contributed by atoms with van der Waals surface area (Å²) in [6.45, 7) is 3.46. The zero-order valence-electron chi connectivity index (χ0n) is 10.2. The van der Waals surface area contributed by atoms with Crippen LogP contribution in [0.25, 0.3) is 0 Å². The third-order valence-corrected chi connectivity index (χ3v) is 2.57. The molecule has 0 aliphatic heterocycles. The van der Waals surface area contributed by atoms with E-state index in [1.807, 2.05) is 0 Å². The topological polar surface area (TPSA) is 60.8 Å². The molecule has 0 bridgehead atoms. The Balaban J connectivity index is 2.53. The van der Waals surface area contributed by atoms with Gasteiger partial charge in [0.15, 0.2) is 0 Å². The highest BCUT2D eigenvalue weighted by atomic mass is 16.3. The van der Waals surface area contributed by atoms with Crippen LogP contribution >= 0.6 is 0 Å². The minimum atomic E-state index is -0.351. The minimum absolute atomic E-state index is 0.0551. The van der Waals surface area contributed by atoms with Gasteiger partial charge in [-0.15, -0.1) is 0 Å². The average Bonchev–Trinajstić information content (AvgIpc) is 2.39. The molecule has 19 heavy (non-hydrogen) atoms. The normalized spacial score (nSPS) is 9.89. The highest BCUT2D eigenvalue weighted by molar-refractivity contribution is 6.06. The Morgan fingerprint density at radius 1 is 1.00 bits per heavy atom. The summed E-state index contributed by atoms with van der Waals surface area (Å²) in [5, 5.41) is 19.0. The van der Waals surface area contributed by atoms with Crippen molar-refractivity contribution in [2.24, 2.45) is 0 Å². The van der Waals surface area contributed by atoms with Crippen molar-refractivity contribution >= 4 is 17.3 Å². The molecule has 0 aliphatic rings. The SMILES string of the molecule is C=CC(=O)N(c1cccc(O)c1)c1cccc(O)c1. The summed E-state index contributed by atoms with van der Waals surface area (Å²) in [6, 6.07) is 12.6. The fourth-order valence-corrected chi connectivity index (χ4v) is 1.76. The molecular weight excluding hydrogens is 242 g/mol. The molecule has 0 unspecified atom stereocenters. The van der Waals surface area contributed by atoms with E-state index in [4.69, 9.17) is 0 Å². The van der Waals surface area contributed by atoms with E-state index in [0.717, 1.165) is 0 Å². The molecule has 0 spiro atoms. The van der Waals surface area contributed by atoms with Crippen LogP contribution in [0.2, 0.25) is 0 Å². The maximum atomic E-state index is 12.0. The molecule has 2 rings (SSSR count). The summed E-state index contributed by atoms with van der Waals surface area (Å²) >= 11 is 0. The Morgan fingerprint density at radius 2 is 1.47 bits per heavy atom. The highest BCUT2D eigenvalue weighted by Gasteiger charge is 2.16. The van der Waals surface area contributed by atoms with Crippen molar-refractivity contribution in [1.29, 1.82) is 0 Å². The summed E-state index contributed by atoms with van der Waals surface area (Å²) < 4.78 is 0. The van der Waals surface area contributed by atoms with Crippen molar-refractivity contribution in [3.05, 3.63) is 61.2 Å². The largest absolute Gasteiger partial charge is 0.508 e. The monoisotopic (exact) mass is 255 g/mol. The molecule has 0 aromatic heterocycles. The summed E-state index contributed by atoms with van der Waals surface area (Å²) in [7, 11) is 0. The smallest absolute Gasteiger partial charge is 0.254 e. The highest BCUT2D eigenvalue weighted by Crippen LogP contribution is 2.30. The number of carbonyl (C=O) groups excluding carboxylic acids is 1. The first-order valence-corrected chi connectivity index (χ1v) is 5.66. The van der Waals surface area contributed by atoms with Crippen molar-refractivity contribution in [2.45, 2.75) is 0 Å². The van der Waals surface area contributed by atoms with Gasteiger partial charge in [0, 0.05) is 12.1 Å². The van der Waals surface area contributed by atoms with Gasteiger partial charge in [-0.05, 0) is 30.3 Å². The van der Waals surface area contributed by atoms with E-state index in [1.54, 1.807) is 24.3 Å². The molecule has 0 atom stereocenters. The predicted octanol–water partition coefficient (Wildman–Crippen LogP) is 2.95. The molecule has 2 aromatic rings. The van der Waals surface area contributed by atoms with Gasteiger partial charge in [0.1, 0.15) is 11.5 Å². The van der Waals surface area contributed by atoms with Crippen LogP contribution in [0.3, 0.4) is 0 Å². The van der Waals surface area contributed by atoms with Gasteiger partial charge in [-0.25, -0.2) is 0 Å². The number of rotatable bonds is 3. The lowest BCUT2D eigenvalue weighted by molar-refractivity contribution is -0.113. The molecule has 1 amide bonds. The predicted molar refractivity (Wildman–Crippen MR) is 73.6 cm³/mol. The number of carbonyl (C=O) groups is 1. The number of hydrogen-bond donors (Lipinski definition) is 2. The zero-order valence-corrected chi connectivity index (χ0v) is 10.2. The second kappa shape index (κ2) is 5.27. The molecule has 0 heterocycles. The van der Waals surface area contributed by atoms with Crippen LogP contribution in [-0.4, -0.2) is 16.1 Å². The maximum absolute atomic E-state index is 12.0. The van der Waals surface area contributed by atoms with Gasteiger partial charge < -0.3 is 10.2 Å². The van der Waals surface area contributed by atoms with E-state index >= 15 is 0 Å². The summed E-state index contributed by atoms with van der Waals surface area (Å²) in [5.74, 6) is -0.241. The first kappa shape index (κ1) is 12.7. The lowest BCUT2D eigenvalue weighted by atomic mass is 10.2. The van der Waals surface area contributed by atoms with Crippen LogP contribution in [0.15, 0.2) is 61.2 Å². The van der Waals surface area contributed by atoms with Crippen LogP contribution in [0, 0.1) is 0 Å². The fourth-order valence-electron chi connectivity index (χ4n) is 1.76. The average molecular weight is 255 g/mol. The lowest BCUT2D eigenvalue weighted by Crippen LogP contribution is -2.23. The number of aromatic hydroxyl groups is 2. The Labute approximate surface area is 110 Å². The van der Waals surface area contributed by atoms with E-state index in [9.17, 15) is 15.0 Å². The molecule has 0 saturated heterocycles. The van der Waals surface area contributed by atoms with E-state index in [0.29, 0.717) is 11.4 Å². The van der Waals surface area contributed by atoms with E-state index < -0.39 is 0 Å². The van der Waals surface area contributed by atoms with E-state index in [-0.39, 0.29) is 17.4 Å². The summed E-state index contributed by atoms with van der Waals surface area (Å²) in [5.41, 5.74) is 0.992. The van der Waals surface area contributed by atoms with Gasteiger partial charge in [-0.1, -0.05) is 18.7 Å². The Morgan fingerprint density at radius 3 is 1.84 bits per heavy atom. The lowest BCUT2D eigenvalue weighted by Gasteiger charge is -2.21.